The quantitative estimate of drug-likeness (QED) is 0.668. The standard InChI is InChI=1S/C22H25N3O/c1-16-6-5-14-25(16)15-12-20-17(2)26-22(24-20)19-10-8-18(9-11-19)21-7-3-4-13-23-21/h3-4,7-11,13,16H,5-6,12,14-15H2,1-2H3/t16-/m1/s1. The highest BCUT2D eigenvalue weighted by Gasteiger charge is 2.21. The van der Waals surface area contributed by atoms with Crippen molar-refractivity contribution in [2.75, 3.05) is 13.1 Å². The fourth-order valence-corrected chi connectivity index (χ4v) is 3.67. The number of aryl methyl sites for hydroxylation is 1. The Morgan fingerprint density at radius 1 is 1.12 bits per heavy atom. The zero-order valence-corrected chi connectivity index (χ0v) is 15.5. The minimum Gasteiger partial charge on any atom is -0.441 e. The summed E-state index contributed by atoms with van der Waals surface area (Å²) >= 11 is 0. The molecule has 0 spiro atoms. The fourth-order valence-electron chi connectivity index (χ4n) is 3.67. The Hall–Kier alpha value is -2.46. The molecular formula is C22H25N3O. The van der Waals surface area contributed by atoms with E-state index in [1.807, 2.05) is 31.3 Å². The Labute approximate surface area is 154 Å². The molecule has 0 saturated carbocycles. The van der Waals surface area contributed by atoms with Gasteiger partial charge in [0.2, 0.25) is 5.89 Å². The highest BCUT2D eigenvalue weighted by atomic mass is 16.4. The van der Waals surface area contributed by atoms with Crippen molar-refractivity contribution in [3.05, 3.63) is 60.1 Å². The second kappa shape index (κ2) is 7.42. The highest BCUT2D eigenvalue weighted by molar-refractivity contribution is 5.64. The molecule has 4 nitrogen and oxygen atoms in total. The summed E-state index contributed by atoms with van der Waals surface area (Å²) in [7, 11) is 0. The van der Waals surface area contributed by atoms with Gasteiger partial charge in [-0.25, -0.2) is 4.98 Å². The molecular weight excluding hydrogens is 322 g/mol. The summed E-state index contributed by atoms with van der Waals surface area (Å²) in [5.74, 6) is 1.64. The lowest BCUT2D eigenvalue weighted by atomic mass is 10.1. The topological polar surface area (TPSA) is 42.2 Å². The number of rotatable bonds is 5. The predicted octanol–water partition coefficient (Wildman–Crippen LogP) is 4.74. The van der Waals surface area contributed by atoms with Crippen LogP contribution in [0.4, 0.5) is 0 Å². The molecule has 0 amide bonds. The molecule has 0 radical (unpaired) electrons. The van der Waals surface area contributed by atoms with Crippen molar-refractivity contribution in [3.8, 4) is 22.7 Å². The van der Waals surface area contributed by atoms with Gasteiger partial charge < -0.3 is 9.32 Å². The average Bonchev–Trinajstić information content (AvgIpc) is 3.26. The number of aromatic nitrogens is 2. The minimum atomic E-state index is 0.695. The van der Waals surface area contributed by atoms with E-state index in [4.69, 9.17) is 9.40 Å². The van der Waals surface area contributed by atoms with Gasteiger partial charge in [0.05, 0.1) is 11.4 Å². The van der Waals surface area contributed by atoms with Gasteiger partial charge >= 0.3 is 0 Å². The van der Waals surface area contributed by atoms with Crippen LogP contribution in [0.25, 0.3) is 22.7 Å². The lowest BCUT2D eigenvalue weighted by molar-refractivity contribution is 0.271. The number of hydrogen-bond donors (Lipinski definition) is 0. The molecule has 1 atom stereocenters. The molecule has 4 rings (SSSR count). The molecule has 2 aromatic heterocycles. The number of benzene rings is 1. The van der Waals surface area contributed by atoms with Gasteiger partial charge in [0, 0.05) is 36.3 Å². The maximum Gasteiger partial charge on any atom is 0.226 e. The maximum absolute atomic E-state index is 5.94. The first kappa shape index (κ1) is 17.0. The molecule has 26 heavy (non-hydrogen) atoms. The van der Waals surface area contributed by atoms with Crippen molar-refractivity contribution in [2.24, 2.45) is 0 Å². The second-order valence-electron chi connectivity index (χ2n) is 7.09. The van der Waals surface area contributed by atoms with Crippen LogP contribution in [0.1, 0.15) is 31.2 Å². The van der Waals surface area contributed by atoms with E-state index in [9.17, 15) is 0 Å². The SMILES string of the molecule is Cc1oc(-c2ccc(-c3ccccn3)cc2)nc1CCN1CCC[C@H]1C. The molecule has 1 aliphatic rings. The lowest BCUT2D eigenvalue weighted by Crippen LogP contribution is -2.29. The van der Waals surface area contributed by atoms with Crippen molar-refractivity contribution >= 4 is 0 Å². The Bertz CT molecular complexity index is 855. The largest absolute Gasteiger partial charge is 0.441 e. The third kappa shape index (κ3) is 3.56. The zero-order chi connectivity index (χ0) is 17.9. The molecule has 3 heterocycles. The van der Waals surface area contributed by atoms with Crippen LogP contribution in [0.5, 0.6) is 0 Å². The third-order valence-corrected chi connectivity index (χ3v) is 5.31. The molecule has 4 heteroatoms. The van der Waals surface area contributed by atoms with Crippen LogP contribution in [0, 0.1) is 6.92 Å². The summed E-state index contributed by atoms with van der Waals surface area (Å²) in [6, 6.07) is 14.9. The molecule has 134 valence electrons. The van der Waals surface area contributed by atoms with Crippen LogP contribution in [-0.4, -0.2) is 34.0 Å². The van der Waals surface area contributed by atoms with Crippen LogP contribution in [0.3, 0.4) is 0 Å². The number of likely N-dealkylation sites (tertiary alicyclic amines) is 1. The summed E-state index contributed by atoms with van der Waals surface area (Å²) in [5.41, 5.74) is 4.16. The summed E-state index contributed by atoms with van der Waals surface area (Å²) in [5, 5.41) is 0. The molecule has 1 aromatic carbocycles. The normalized spacial score (nSPS) is 17.7. The molecule has 3 aromatic rings. The molecule has 1 fully saturated rings. The smallest absolute Gasteiger partial charge is 0.226 e. The van der Waals surface area contributed by atoms with E-state index in [1.165, 1.54) is 19.4 Å². The van der Waals surface area contributed by atoms with Gasteiger partial charge in [0.1, 0.15) is 5.76 Å². The van der Waals surface area contributed by atoms with E-state index in [0.717, 1.165) is 41.2 Å². The summed E-state index contributed by atoms with van der Waals surface area (Å²) in [6.07, 6.45) is 5.39. The second-order valence-corrected chi connectivity index (χ2v) is 7.09. The van der Waals surface area contributed by atoms with E-state index in [-0.39, 0.29) is 0 Å². The molecule has 1 saturated heterocycles. The summed E-state index contributed by atoms with van der Waals surface area (Å²) < 4.78 is 5.94. The van der Waals surface area contributed by atoms with Crippen LogP contribution < -0.4 is 0 Å². The van der Waals surface area contributed by atoms with Crippen LogP contribution in [0.15, 0.2) is 53.1 Å². The monoisotopic (exact) mass is 347 g/mol. The first-order chi connectivity index (χ1) is 12.7. The van der Waals surface area contributed by atoms with Crippen molar-refractivity contribution in [3.63, 3.8) is 0 Å². The summed E-state index contributed by atoms with van der Waals surface area (Å²) in [4.78, 5) is 11.7. The first-order valence-electron chi connectivity index (χ1n) is 9.43. The molecule has 0 aliphatic carbocycles. The van der Waals surface area contributed by atoms with Gasteiger partial charge in [0.25, 0.3) is 0 Å². The minimum absolute atomic E-state index is 0.695. The van der Waals surface area contributed by atoms with Gasteiger partial charge in [0.15, 0.2) is 0 Å². The predicted molar refractivity (Wildman–Crippen MR) is 104 cm³/mol. The number of oxazole rings is 1. The van der Waals surface area contributed by atoms with E-state index in [1.54, 1.807) is 0 Å². The molecule has 0 bridgehead atoms. The van der Waals surface area contributed by atoms with E-state index >= 15 is 0 Å². The third-order valence-electron chi connectivity index (χ3n) is 5.31. The number of pyridine rings is 1. The average molecular weight is 347 g/mol. The van der Waals surface area contributed by atoms with Crippen LogP contribution >= 0.6 is 0 Å². The van der Waals surface area contributed by atoms with Gasteiger partial charge in [-0.1, -0.05) is 18.2 Å². The van der Waals surface area contributed by atoms with E-state index < -0.39 is 0 Å². The Balaban J connectivity index is 1.48. The van der Waals surface area contributed by atoms with Crippen molar-refractivity contribution < 1.29 is 4.42 Å². The Morgan fingerprint density at radius 2 is 1.92 bits per heavy atom. The molecule has 0 unspecified atom stereocenters. The highest BCUT2D eigenvalue weighted by Crippen LogP contribution is 2.26. The fraction of sp³-hybridized carbons (Fsp3) is 0.364. The van der Waals surface area contributed by atoms with Crippen molar-refractivity contribution in [1.82, 2.24) is 14.9 Å². The van der Waals surface area contributed by atoms with E-state index in [0.29, 0.717) is 11.9 Å². The Kier molecular flexibility index (Phi) is 4.85. The van der Waals surface area contributed by atoms with Crippen molar-refractivity contribution in [1.29, 1.82) is 0 Å². The van der Waals surface area contributed by atoms with Gasteiger partial charge in [-0.05, 0) is 57.5 Å². The van der Waals surface area contributed by atoms with Crippen LogP contribution in [-0.2, 0) is 6.42 Å². The van der Waals surface area contributed by atoms with Gasteiger partial charge in [-0.3, -0.25) is 4.98 Å². The molecule has 0 N–H and O–H groups in total. The number of nitrogens with zero attached hydrogens (tertiary/aromatic N) is 3. The molecule has 1 aliphatic heterocycles. The number of hydrogen-bond acceptors (Lipinski definition) is 4. The summed E-state index contributed by atoms with van der Waals surface area (Å²) in [6.45, 7) is 6.60. The first-order valence-corrected chi connectivity index (χ1v) is 9.43. The Morgan fingerprint density at radius 3 is 2.62 bits per heavy atom. The van der Waals surface area contributed by atoms with E-state index in [2.05, 4.69) is 41.1 Å². The van der Waals surface area contributed by atoms with Crippen LogP contribution in [0.2, 0.25) is 0 Å². The van der Waals surface area contributed by atoms with Crippen molar-refractivity contribution in [2.45, 2.75) is 39.2 Å². The maximum atomic E-state index is 5.94. The zero-order valence-electron chi connectivity index (χ0n) is 15.5. The van der Waals surface area contributed by atoms with Gasteiger partial charge in [-0.2, -0.15) is 0 Å². The lowest BCUT2D eigenvalue weighted by Gasteiger charge is -2.20. The van der Waals surface area contributed by atoms with Gasteiger partial charge in [-0.15, -0.1) is 0 Å².